The number of fused-ring (bicyclic) bond motifs is 1. The van der Waals surface area contributed by atoms with Gasteiger partial charge in [0.25, 0.3) is 0 Å². The number of ketones is 1. The third kappa shape index (κ3) is 6.70. The second-order valence-corrected chi connectivity index (χ2v) is 12.8. The lowest BCUT2D eigenvalue weighted by molar-refractivity contribution is -0.158. The fourth-order valence-electron chi connectivity index (χ4n) is 6.01. The number of aliphatic hydroxyl groups is 2. The minimum atomic E-state index is -1.13. The number of allylic oxidation sites excluding steroid dienone is 2. The topological polar surface area (TPSA) is 121 Å². The van der Waals surface area contributed by atoms with E-state index in [0.29, 0.717) is 38.7 Å². The Hall–Kier alpha value is -1.91. The molecule has 3 aliphatic rings. The van der Waals surface area contributed by atoms with Gasteiger partial charge < -0.3 is 25.0 Å². The molecule has 1 aliphatic carbocycles. The smallest absolute Gasteiger partial charge is 0.223 e. The molecule has 1 saturated carbocycles. The first-order valence-corrected chi connectivity index (χ1v) is 15.1. The molecular formula is C30H44N2O6S. The van der Waals surface area contributed by atoms with Gasteiger partial charge in [-0.15, -0.1) is 11.3 Å². The van der Waals surface area contributed by atoms with Crippen molar-refractivity contribution in [1.82, 2.24) is 10.3 Å². The first-order valence-electron chi connectivity index (χ1n) is 14.2. The molecule has 0 radical (unpaired) electrons. The molecule has 1 amide bonds. The fourth-order valence-corrected chi connectivity index (χ4v) is 6.58. The van der Waals surface area contributed by atoms with Crippen molar-refractivity contribution < 1.29 is 29.3 Å². The van der Waals surface area contributed by atoms with Gasteiger partial charge in [0.15, 0.2) is 0 Å². The Balaban J connectivity index is 1.61. The monoisotopic (exact) mass is 560 g/mol. The maximum atomic E-state index is 13.9. The average Bonchev–Trinajstić information content (AvgIpc) is 3.29. The summed E-state index contributed by atoms with van der Waals surface area (Å²) in [5, 5.41) is 28.6. The average molecular weight is 561 g/mol. The van der Waals surface area contributed by atoms with Crippen LogP contribution >= 0.6 is 11.3 Å². The normalized spacial score (nSPS) is 36.4. The summed E-state index contributed by atoms with van der Waals surface area (Å²) in [5.74, 6) is -1.20. The molecule has 2 aliphatic heterocycles. The third-order valence-corrected chi connectivity index (χ3v) is 9.76. The van der Waals surface area contributed by atoms with Crippen LogP contribution in [-0.2, 0) is 19.1 Å². The number of ether oxygens (including phenoxy) is 2. The molecule has 1 spiro atoms. The van der Waals surface area contributed by atoms with Crippen LogP contribution < -0.4 is 5.32 Å². The summed E-state index contributed by atoms with van der Waals surface area (Å²) >= 11 is 1.57. The van der Waals surface area contributed by atoms with Gasteiger partial charge >= 0.3 is 0 Å². The second kappa shape index (κ2) is 12.3. The predicted molar refractivity (Wildman–Crippen MR) is 151 cm³/mol. The van der Waals surface area contributed by atoms with E-state index in [-0.39, 0.29) is 30.3 Å². The molecule has 9 heteroatoms. The van der Waals surface area contributed by atoms with Crippen LogP contribution in [0.3, 0.4) is 0 Å². The number of amides is 1. The number of carbonyl (C=O) groups excluding carboxylic acids is 2. The van der Waals surface area contributed by atoms with Crippen LogP contribution in [0.25, 0.3) is 6.08 Å². The van der Waals surface area contributed by atoms with Gasteiger partial charge in [0.2, 0.25) is 5.91 Å². The van der Waals surface area contributed by atoms with Crippen LogP contribution in [0.2, 0.25) is 0 Å². The van der Waals surface area contributed by atoms with Crippen molar-refractivity contribution in [2.45, 2.75) is 116 Å². The van der Waals surface area contributed by atoms with Crippen LogP contribution in [0.5, 0.6) is 0 Å². The van der Waals surface area contributed by atoms with Gasteiger partial charge in [-0.3, -0.25) is 9.59 Å². The summed E-state index contributed by atoms with van der Waals surface area (Å²) < 4.78 is 12.1. The lowest BCUT2D eigenvalue weighted by Crippen LogP contribution is -2.55. The maximum Gasteiger partial charge on any atom is 0.223 e. The Morgan fingerprint density at radius 1 is 1.28 bits per heavy atom. The number of hydrogen-bond acceptors (Lipinski definition) is 8. The zero-order valence-electron chi connectivity index (χ0n) is 23.8. The minimum absolute atomic E-state index is 0.0630. The quantitative estimate of drug-likeness (QED) is 0.374. The maximum absolute atomic E-state index is 13.9. The lowest BCUT2D eigenvalue weighted by atomic mass is 9.58. The molecule has 39 heavy (non-hydrogen) atoms. The van der Waals surface area contributed by atoms with E-state index in [2.05, 4.69) is 10.3 Å². The zero-order valence-corrected chi connectivity index (χ0v) is 24.6. The molecule has 4 rings (SSSR count). The molecule has 0 unspecified atom stereocenters. The van der Waals surface area contributed by atoms with E-state index in [1.54, 1.807) is 18.3 Å². The number of nitrogens with zero attached hydrogens (tertiary/aromatic N) is 1. The SMILES string of the molecule is CC=CC[C@H]1C(=O)C2(CCC2)[C@@H](O)CC(=O)N[C@H](C(C)=Cc2csc(C)n2)C[C@@H]2O[C@]2(C)CCO[C@H](C)[C@H]1O. The van der Waals surface area contributed by atoms with Crippen molar-refractivity contribution in [2.75, 3.05) is 6.61 Å². The molecule has 216 valence electrons. The zero-order chi connectivity index (χ0) is 28.4. The molecule has 0 bridgehead atoms. The van der Waals surface area contributed by atoms with Gasteiger partial charge in [0.1, 0.15) is 5.78 Å². The van der Waals surface area contributed by atoms with E-state index in [1.807, 2.05) is 51.3 Å². The van der Waals surface area contributed by atoms with E-state index in [4.69, 9.17) is 9.47 Å². The number of carbonyl (C=O) groups is 2. The number of rotatable bonds is 4. The highest BCUT2D eigenvalue weighted by Gasteiger charge is 2.55. The van der Waals surface area contributed by atoms with E-state index >= 15 is 0 Å². The molecule has 1 aromatic rings. The van der Waals surface area contributed by atoms with Crippen LogP contribution in [0.1, 0.15) is 83.3 Å². The molecule has 8 nitrogen and oxygen atoms in total. The van der Waals surface area contributed by atoms with Gasteiger partial charge in [-0.1, -0.05) is 18.6 Å². The van der Waals surface area contributed by atoms with E-state index in [9.17, 15) is 19.8 Å². The summed E-state index contributed by atoms with van der Waals surface area (Å²) in [6.45, 7) is 10.0. The fraction of sp³-hybridized carbons (Fsp3) is 0.700. The Morgan fingerprint density at radius 3 is 2.64 bits per heavy atom. The Kier molecular flexibility index (Phi) is 9.49. The highest BCUT2D eigenvalue weighted by Crippen LogP contribution is 2.49. The highest BCUT2D eigenvalue weighted by molar-refractivity contribution is 7.09. The largest absolute Gasteiger partial charge is 0.392 e. The molecule has 3 heterocycles. The Labute approximate surface area is 235 Å². The lowest BCUT2D eigenvalue weighted by Gasteiger charge is -2.46. The third-order valence-electron chi connectivity index (χ3n) is 8.97. The minimum Gasteiger partial charge on any atom is -0.392 e. The standard InChI is InChI=1S/C30H44N2O6S/c1-6-7-9-22-27(35)19(3)37-13-12-29(5)25(38-29)15-23(18(2)14-21-17-39-20(4)31-21)32-26(34)16-24(33)30(28(22)36)10-8-11-30/h6-7,14,17,19,22-25,27,33,35H,8-13,15-16H2,1-5H3,(H,32,34)/t19-,22-,23+,24+,25+,27-,29-/m1/s1. The summed E-state index contributed by atoms with van der Waals surface area (Å²) in [6, 6.07) is -0.302. The van der Waals surface area contributed by atoms with Crippen molar-refractivity contribution in [1.29, 1.82) is 0 Å². The molecule has 7 atom stereocenters. The molecule has 2 saturated heterocycles. The van der Waals surface area contributed by atoms with Crippen molar-refractivity contribution in [3.8, 4) is 0 Å². The first kappa shape index (κ1) is 30.1. The van der Waals surface area contributed by atoms with Gasteiger partial charge in [-0.2, -0.15) is 0 Å². The number of hydrogen-bond donors (Lipinski definition) is 3. The number of aromatic nitrogens is 1. The highest BCUT2D eigenvalue weighted by atomic mass is 32.1. The van der Waals surface area contributed by atoms with Crippen molar-refractivity contribution in [3.05, 3.63) is 33.8 Å². The van der Waals surface area contributed by atoms with E-state index < -0.39 is 35.2 Å². The summed E-state index contributed by atoms with van der Waals surface area (Å²) in [5.41, 5.74) is 0.384. The number of aliphatic hydroxyl groups excluding tert-OH is 2. The summed E-state index contributed by atoms with van der Waals surface area (Å²) in [4.78, 5) is 31.8. The number of aryl methyl sites for hydroxylation is 1. The number of thiazole rings is 1. The van der Waals surface area contributed by atoms with Crippen molar-refractivity contribution in [2.24, 2.45) is 11.3 Å². The van der Waals surface area contributed by atoms with Crippen LogP contribution in [0.4, 0.5) is 0 Å². The number of epoxide rings is 1. The second-order valence-electron chi connectivity index (χ2n) is 11.8. The number of Topliss-reactive ketones (excluding diaryl/α,β-unsaturated/α-hetero) is 1. The molecular weight excluding hydrogens is 516 g/mol. The van der Waals surface area contributed by atoms with Crippen molar-refractivity contribution in [3.63, 3.8) is 0 Å². The molecule has 1 aromatic heterocycles. The van der Waals surface area contributed by atoms with E-state index in [1.165, 1.54) is 0 Å². The Bertz CT molecular complexity index is 1090. The van der Waals surface area contributed by atoms with Crippen molar-refractivity contribution >= 4 is 29.1 Å². The van der Waals surface area contributed by atoms with Crippen LogP contribution in [-0.4, -0.2) is 69.6 Å². The van der Waals surface area contributed by atoms with Gasteiger partial charge in [-0.25, -0.2) is 4.98 Å². The molecule has 3 N–H and O–H groups in total. The van der Waals surface area contributed by atoms with Crippen LogP contribution in [0, 0.1) is 18.3 Å². The van der Waals surface area contributed by atoms with Gasteiger partial charge in [0.05, 0.1) is 64.5 Å². The predicted octanol–water partition coefficient (Wildman–Crippen LogP) is 4.13. The number of nitrogens with one attached hydrogen (secondary N) is 1. The summed E-state index contributed by atoms with van der Waals surface area (Å²) in [7, 11) is 0. The molecule has 0 aromatic carbocycles. The van der Waals surface area contributed by atoms with E-state index in [0.717, 1.165) is 22.7 Å². The van der Waals surface area contributed by atoms with Gasteiger partial charge in [0, 0.05) is 24.8 Å². The summed E-state index contributed by atoms with van der Waals surface area (Å²) in [6.07, 6.45) is 6.17. The Morgan fingerprint density at radius 2 is 2.03 bits per heavy atom. The molecule has 3 fully saturated rings. The van der Waals surface area contributed by atoms with Gasteiger partial charge in [-0.05, 0) is 65.5 Å². The van der Waals surface area contributed by atoms with Crippen LogP contribution in [0.15, 0.2) is 23.1 Å². The first-order chi connectivity index (χ1) is 18.5.